The van der Waals surface area contributed by atoms with Gasteiger partial charge < -0.3 is 14.2 Å². The van der Waals surface area contributed by atoms with E-state index >= 15 is 0 Å². The van der Waals surface area contributed by atoms with Crippen molar-refractivity contribution in [2.24, 2.45) is 0 Å². The minimum atomic E-state index is -0.0975. The normalized spacial score (nSPS) is 11.1. The Morgan fingerprint density at radius 1 is 1.19 bits per heavy atom. The van der Waals surface area contributed by atoms with Crippen LogP contribution < -0.4 is 5.32 Å². The Morgan fingerprint density at radius 3 is 2.78 bits per heavy atom. The van der Waals surface area contributed by atoms with Crippen molar-refractivity contribution in [3.63, 3.8) is 0 Å². The highest BCUT2D eigenvalue weighted by molar-refractivity contribution is 5.94. The molecule has 4 rings (SSSR count). The molecule has 0 fully saturated rings. The number of imidazole rings is 1. The molecule has 3 heterocycles. The van der Waals surface area contributed by atoms with Crippen molar-refractivity contribution in [2.45, 2.75) is 27.2 Å². The number of hydrogen-bond donors (Lipinski definition) is 1. The van der Waals surface area contributed by atoms with E-state index in [9.17, 15) is 4.79 Å². The van der Waals surface area contributed by atoms with E-state index in [-0.39, 0.29) is 12.3 Å². The van der Waals surface area contributed by atoms with E-state index in [0.29, 0.717) is 5.76 Å². The molecule has 136 valence electrons. The smallest absolute Gasteiger partial charge is 0.229 e. The zero-order chi connectivity index (χ0) is 19.0. The molecule has 3 aromatic heterocycles. The number of pyridine rings is 1. The largest absolute Gasteiger partial charge is 0.361 e. The average Bonchev–Trinajstić information content (AvgIpc) is 3.22. The van der Waals surface area contributed by atoms with Gasteiger partial charge in [0.1, 0.15) is 11.4 Å². The number of nitrogens with one attached hydrogen (secondary N) is 1. The van der Waals surface area contributed by atoms with Crippen LogP contribution in [-0.4, -0.2) is 20.4 Å². The number of anilines is 1. The second-order valence-electron chi connectivity index (χ2n) is 6.65. The van der Waals surface area contributed by atoms with E-state index in [1.54, 1.807) is 0 Å². The highest BCUT2D eigenvalue weighted by Crippen LogP contribution is 2.25. The quantitative estimate of drug-likeness (QED) is 0.595. The maximum absolute atomic E-state index is 12.5. The van der Waals surface area contributed by atoms with Gasteiger partial charge in [0.15, 0.2) is 0 Å². The summed E-state index contributed by atoms with van der Waals surface area (Å²) in [4.78, 5) is 17.2. The first-order valence-corrected chi connectivity index (χ1v) is 8.77. The van der Waals surface area contributed by atoms with E-state index in [4.69, 9.17) is 4.52 Å². The number of hydrogen-bond acceptors (Lipinski definition) is 4. The molecular weight excluding hydrogens is 340 g/mol. The SMILES string of the molecule is Cc1ccc(-c2cn3ccccc3n2)cc1NC(=O)Cc1c(C)noc1C. The monoisotopic (exact) mass is 360 g/mol. The first-order valence-electron chi connectivity index (χ1n) is 8.77. The summed E-state index contributed by atoms with van der Waals surface area (Å²) in [6.07, 6.45) is 4.18. The number of aromatic nitrogens is 3. The lowest BCUT2D eigenvalue weighted by Gasteiger charge is -2.10. The molecule has 1 aromatic carbocycles. The van der Waals surface area contributed by atoms with E-state index in [1.807, 2.05) is 74.0 Å². The highest BCUT2D eigenvalue weighted by Gasteiger charge is 2.15. The van der Waals surface area contributed by atoms with Gasteiger partial charge in [0.2, 0.25) is 5.91 Å². The first-order chi connectivity index (χ1) is 13.0. The molecule has 6 nitrogen and oxygen atoms in total. The molecule has 0 saturated heterocycles. The summed E-state index contributed by atoms with van der Waals surface area (Å²) in [6.45, 7) is 5.63. The van der Waals surface area contributed by atoms with E-state index < -0.39 is 0 Å². The third kappa shape index (κ3) is 3.33. The number of rotatable bonds is 4. The van der Waals surface area contributed by atoms with Crippen LogP contribution in [0.3, 0.4) is 0 Å². The summed E-state index contributed by atoms with van der Waals surface area (Å²) >= 11 is 0. The lowest BCUT2D eigenvalue weighted by Crippen LogP contribution is -2.16. The standard InChI is InChI=1S/C21H20N4O2/c1-13-7-8-16(19-12-25-9-5-4-6-20(25)22-19)10-18(13)23-21(26)11-17-14(2)24-27-15(17)3/h4-10,12H,11H2,1-3H3,(H,23,26). The lowest BCUT2D eigenvalue weighted by atomic mass is 10.1. The number of amides is 1. The molecule has 27 heavy (non-hydrogen) atoms. The van der Waals surface area contributed by atoms with Crippen molar-refractivity contribution >= 4 is 17.2 Å². The van der Waals surface area contributed by atoms with Crippen LogP contribution in [0.4, 0.5) is 5.69 Å². The molecule has 4 aromatic rings. The maximum Gasteiger partial charge on any atom is 0.229 e. The van der Waals surface area contributed by atoms with Crippen LogP contribution >= 0.6 is 0 Å². The number of nitrogens with zero attached hydrogens (tertiary/aromatic N) is 3. The fourth-order valence-electron chi connectivity index (χ4n) is 3.10. The van der Waals surface area contributed by atoms with Crippen molar-refractivity contribution in [3.8, 4) is 11.3 Å². The Kier molecular flexibility index (Phi) is 4.24. The highest BCUT2D eigenvalue weighted by atomic mass is 16.5. The molecule has 6 heteroatoms. The van der Waals surface area contributed by atoms with Gasteiger partial charge in [-0.3, -0.25) is 4.79 Å². The molecule has 0 spiro atoms. The van der Waals surface area contributed by atoms with Gasteiger partial charge in [0, 0.05) is 29.2 Å². The lowest BCUT2D eigenvalue weighted by molar-refractivity contribution is -0.115. The van der Waals surface area contributed by atoms with Crippen LogP contribution in [0.1, 0.15) is 22.6 Å². The minimum Gasteiger partial charge on any atom is -0.361 e. The van der Waals surface area contributed by atoms with Gasteiger partial charge in [-0.1, -0.05) is 23.4 Å². The Bertz CT molecular complexity index is 1090. The van der Waals surface area contributed by atoms with Crippen LogP contribution in [-0.2, 0) is 11.2 Å². The molecule has 0 bridgehead atoms. The molecule has 1 amide bonds. The second kappa shape index (κ2) is 6.72. The zero-order valence-corrected chi connectivity index (χ0v) is 15.5. The third-order valence-electron chi connectivity index (χ3n) is 4.69. The van der Waals surface area contributed by atoms with Crippen LogP contribution in [0, 0.1) is 20.8 Å². The first kappa shape index (κ1) is 17.0. The van der Waals surface area contributed by atoms with Crippen molar-refractivity contribution in [1.82, 2.24) is 14.5 Å². The van der Waals surface area contributed by atoms with Crippen LogP contribution in [0.15, 0.2) is 53.3 Å². The van der Waals surface area contributed by atoms with E-state index in [2.05, 4.69) is 15.5 Å². The number of carbonyl (C=O) groups is 1. The summed E-state index contributed by atoms with van der Waals surface area (Å²) in [5, 5.41) is 6.91. The van der Waals surface area contributed by atoms with E-state index in [0.717, 1.165) is 39.4 Å². The summed E-state index contributed by atoms with van der Waals surface area (Å²) in [6, 6.07) is 11.9. The van der Waals surface area contributed by atoms with E-state index in [1.165, 1.54) is 0 Å². The predicted molar refractivity (Wildman–Crippen MR) is 104 cm³/mol. The predicted octanol–water partition coefficient (Wildman–Crippen LogP) is 4.10. The summed E-state index contributed by atoms with van der Waals surface area (Å²) in [5.41, 5.74) is 6.06. The Hall–Kier alpha value is -3.41. The topological polar surface area (TPSA) is 72.4 Å². The molecule has 0 aliphatic heterocycles. The van der Waals surface area contributed by atoms with Crippen LogP contribution in [0.25, 0.3) is 16.9 Å². The van der Waals surface area contributed by atoms with Gasteiger partial charge in [0.25, 0.3) is 0 Å². The Morgan fingerprint density at radius 2 is 2.04 bits per heavy atom. The van der Waals surface area contributed by atoms with Gasteiger partial charge in [-0.15, -0.1) is 0 Å². The van der Waals surface area contributed by atoms with Crippen LogP contribution in [0.2, 0.25) is 0 Å². The fraction of sp³-hybridized carbons (Fsp3) is 0.190. The zero-order valence-electron chi connectivity index (χ0n) is 15.5. The fourth-order valence-corrected chi connectivity index (χ4v) is 3.10. The average molecular weight is 360 g/mol. The van der Waals surface area contributed by atoms with Crippen molar-refractivity contribution in [1.29, 1.82) is 0 Å². The van der Waals surface area contributed by atoms with Crippen molar-refractivity contribution in [2.75, 3.05) is 5.32 Å². The van der Waals surface area contributed by atoms with Gasteiger partial charge >= 0.3 is 0 Å². The summed E-state index contributed by atoms with van der Waals surface area (Å²) < 4.78 is 7.11. The molecule has 0 aliphatic carbocycles. The third-order valence-corrected chi connectivity index (χ3v) is 4.69. The van der Waals surface area contributed by atoms with Crippen molar-refractivity contribution < 1.29 is 9.32 Å². The molecule has 1 N–H and O–H groups in total. The molecule has 0 saturated carbocycles. The molecule has 0 aliphatic rings. The molecular formula is C21H20N4O2. The van der Waals surface area contributed by atoms with Gasteiger partial charge in [0.05, 0.1) is 17.8 Å². The maximum atomic E-state index is 12.5. The molecule has 0 atom stereocenters. The summed E-state index contributed by atoms with van der Waals surface area (Å²) in [5.74, 6) is 0.581. The second-order valence-corrected chi connectivity index (χ2v) is 6.65. The number of fused-ring (bicyclic) bond motifs is 1. The molecule has 0 radical (unpaired) electrons. The van der Waals surface area contributed by atoms with Gasteiger partial charge in [-0.25, -0.2) is 4.98 Å². The number of aryl methyl sites for hydroxylation is 3. The Balaban J connectivity index is 1.59. The summed E-state index contributed by atoms with van der Waals surface area (Å²) in [7, 11) is 0. The van der Waals surface area contributed by atoms with Crippen LogP contribution in [0.5, 0.6) is 0 Å². The number of benzene rings is 1. The van der Waals surface area contributed by atoms with Crippen molar-refractivity contribution in [3.05, 3.63) is 71.4 Å². The van der Waals surface area contributed by atoms with Gasteiger partial charge in [-0.05, 0) is 44.5 Å². The number of carbonyl (C=O) groups excluding carboxylic acids is 1. The van der Waals surface area contributed by atoms with Gasteiger partial charge in [-0.2, -0.15) is 0 Å². The molecule has 0 unspecified atom stereocenters. The minimum absolute atomic E-state index is 0.0975. The Labute approximate surface area is 156 Å².